The van der Waals surface area contributed by atoms with Crippen molar-refractivity contribution in [3.63, 3.8) is 0 Å². The highest BCUT2D eigenvalue weighted by atomic mass is 127. The van der Waals surface area contributed by atoms with Gasteiger partial charge in [-0.15, -0.1) is 24.0 Å². The molecule has 3 N–H and O–H groups in total. The lowest BCUT2D eigenvalue weighted by Crippen LogP contribution is -2.38. The van der Waals surface area contributed by atoms with Crippen molar-refractivity contribution in [3.8, 4) is 0 Å². The van der Waals surface area contributed by atoms with E-state index in [-0.39, 0.29) is 30.0 Å². The number of H-pyrrole nitrogens is 1. The molecule has 1 aliphatic rings. The third kappa shape index (κ3) is 5.23. The van der Waals surface area contributed by atoms with Crippen LogP contribution in [0.25, 0.3) is 10.9 Å². The van der Waals surface area contributed by atoms with Gasteiger partial charge >= 0.3 is 0 Å². The Morgan fingerprint density at radius 2 is 1.90 bits per heavy atom. The van der Waals surface area contributed by atoms with E-state index in [1.54, 1.807) is 0 Å². The Bertz CT molecular complexity index is 926. The number of nitrogens with zero attached hydrogens (tertiary/aromatic N) is 2. The molecule has 0 spiro atoms. The van der Waals surface area contributed by atoms with Gasteiger partial charge in [0, 0.05) is 37.0 Å². The Morgan fingerprint density at radius 1 is 1.10 bits per heavy atom. The number of benzene rings is 2. The zero-order chi connectivity index (χ0) is 19.3. The van der Waals surface area contributed by atoms with Crippen molar-refractivity contribution < 1.29 is 0 Å². The molecule has 0 saturated carbocycles. The average molecular weight is 503 g/mol. The minimum Gasteiger partial charge on any atom is -0.372 e. The summed E-state index contributed by atoms with van der Waals surface area (Å²) in [6.07, 6.45) is 2.59. The lowest BCUT2D eigenvalue weighted by atomic mass is 10.1. The standard InChI is InChI=1S/C23H29N5.HI/c1-17(18-9-7-10-21(15-18)28-12-5-6-13-28)26-23(24-2)25-16-20-14-19-8-3-4-11-22(19)27-20;/h3-4,7-11,14-15,17,27H,5-6,12-13,16H2,1-2H3,(H2,24,25,26);1H. The van der Waals surface area contributed by atoms with Crippen LogP contribution in [-0.2, 0) is 6.54 Å². The number of rotatable bonds is 5. The summed E-state index contributed by atoms with van der Waals surface area (Å²) in [6.45, 7) is 5.21. The first kappa shape index (κ1) is 21.5. The number of hydrogen-bond donors (Lipinski definition) is 3. The summed E-state index contributed by atoms with van der Waals surface area (Å²) >= 11 is 0. The Balaban J connectivity index is 0.00000240. The van der Waals surface area contributed by atoms with Gasteiger partial charge in [0.15, 0.2) is 5.96 Å². The van der Waals surface area contributed by atoms with Crippen molar-refractivity contribution >= 4 is 46.5 Å². The number of fused-ring (bicyclic) bond motifs is 1. The number of para-hydroxylation sites is 1. The molecule has 2 heterocycles. The van der Waals surface area contributed by atoms with Crippen LogP contribution in [0.1, 0.15) is 37.1 Å². The highest BCUT2D eigenvalue weighted by Gasteiger charge is 2.14. The summed E-state index contributed by atoms with van der Waals surface area (Å²) in [5.41, 5.74) is 4.91. The van der Waals surface area contributed by atoms with Gasteiger partial charge in [0.25, 0.3) is 0 Å². The van der Waals surface area contributed by atoms with Gasteiger partial charge < -0.3 is 20.5 Å². The number of guanidine groups is 1. The third-order valence-electron chi connectivity index (χ3n) is 5.45. The number of aromatic nitrogens is 1. The van der Waals surface area contributed by atoms with Crippen molar-refractivity contribution in [2.45, 2.75) is 32.4 Å². The van der Waals surface area contributed by atoms with E-state index in [1.165, 1.54) is 42.6 Å². The lowest BCUT2D eigenvalue weighted by molar-refractivity contribution is 0.683. The third-order valence-corrected chi connectivity index (χ3v) is 5.45. The Hall–Kier alpha value is -2.22. The van der Waals surface area contributed by atoms with Crippen molar-refractivity contribution in [3.05, 3.63) is 65.9 Å². The molecule has 1 saturated heterocycles. The van der Waals surface area contributed by atoms with Crippen LogP contribution in [0, 0.1) is 0 Å². The Kier molecular flexibility index (Phi) is 7.41. The maximum absolute atomic E-state index is 4.39. The second-order valence-corrected chi connectivity index (χ2v) is 7.46. The molecule has 1 aliphatic heterocycles. The summed E-state index contributed by atoms with van der Waals surface area (Å²) in [4.78, 5) is 10.3. The van der Waals surface area contributed by atoms with Gasteiger partial charge in [-0.25, -0.2) is 0 Å². The Labute approximate surface area is 190 Å². The minimum absolute atomic E-state index is 0. The van der Waals surface area contributed by atoms with Crippen LogP contribution in [0.2, 0.25) is 0 Å². The molecule has 1 unspecified atom stereocenters. The predicted octanol–water partition coefficient (Wildman–Crippen LogP) is 4.81. The zero-order valence-electron chi connectivity index (χ0n) is 17.1. The first-order valence-electron chi connectivity index (χ1n) is 10.1. The van der Waals surface area contributed by atoms with Gasteiger partial charge in [0.05, 0.1) is 12.6 Å². The molecule has 0 radical (unpaired) electrons. The first-order valence-corrected chi connectivity index (χ1v) is 10.1. The van der Waals surface area contributed by atoms with Gasteiger partial charge in [0.2, 0.25) is 0 Å². The van der Waals surface area contributed by atoms with Gasteiger partial charge in [0.1, 0.15) is 0 Å². The number of hydrogen-bond acceptors (Lipinski definition) is 2. The molecule has 0 bridgehead atoms. The van der Waals surface area contributed by atoms with Crippen LogP contribution in [0.4, 0.5) is 5.69 Å². The second kappa shape index (κ2) is 10.0. The maximum Gasteiger partial charge on any atom is 0.191 e. The largest absolute Gasteiger partial charge is 0.372 e. The normalized spacial score (nSPS) is 15.2. The highest BCUT2D eigenvalue weighted by molar-refractivity contribution is 14.0. The fourth-order valence-corrected chi connectivity index (χ4v) is 3.86. The van der Waals surface area contributed by atoms with E-state index < -0.39 is 0 Å². The number of halogens is 1. The molecule has 3 aromatic rings. The molecule has 6 heteroatoms. The molecule has 2 aromatic carbocycles. The van der Waals surface area contributed by atoms with Crippen LogP contribution >= 0.6 is 24.0 Å². The monoisotopic (exact) mass is 503 g/mol. The molecule has 1 atom stereocenters. The molecular weight excluding hydrogens is 473 g/mol. The summed E-state index contributed by atoms with van der Waals surface area (Å²) < 4.78 is 0. The smallest absolute Gasteiger partial charge is 0.191 e. The van der Waals surface area contributed by atoms with Crippen molar-refractivity contribution in [2.75, 3.05) is 25.0 Å². The molecule has 1 aromatic heterocycles. The summed E-state index contributed by atoms with van der Waals surface area (Å²) in [7, 11) is 1.81. The van der Waals surface area contributed by atoms with Crippen LogP contribution in [0.3, 0.4) is 0 Å². The zero-order valence-corrected chi connectivity index (χ0v) is 19.4. The van der Waals surface area contributed by atoms with E-state index in [9.17, 15) is 0 Å². The van der Waals surface area contributed by atoms with Crippen LogP contribution < -0.4 is 15.5 Å². The van der Waals surface area contributed by atoms with Crippen LogP contribution in [0.15, 0.2) is 59.6 Å². The molecule has 1 fully saturated rings. The summed E-state index contributed by atoms with van der Waals surface area (Å²) in [5.74, 6) is 0.803. The fourth-order valence-electron chi connectivity index (χ4n) is 3.86. The summed E-state index contributed by atoms with van der Waals surface area (Å²) in [6, 6.07) is 19.5. The topological polar surface area (TPSA) is 55.5 Å². The van der Waals surface area contributed by atoms with Crippen molar-refractivity contribution in [1.29, 1.82) is 0 Å². The molecule has 0 amide bonds. The van der Waals surface area contributed by atoms with Gasteiger partial charge in [-0.1, -0.05) is 30.3 Å². The van der Waals surface area contributed by atoms with Crippen molar-refractivity contribution in [1.82, 2.24) is 15.6 Å². The van der Waals surface area contributed by atoms with E-state index in [4.69, 9.17) is 0 Å². The number of nitrogens with one attached hydrogen (secondary N) is 3. The number of anilines is 1. The van der Waals surface area contributed by atoms with E-state index in [2.05, 4.69) is 87.0 Å². The molecular formula is C23H30IN5. The van der Waals surface area contributed by atoms with E-state index in [0.717, 1.165) is 17.2 Å². The summed E-state index contributed by atoms with van der Waals surface area (Å²) in [5, 5.41) is 8.16. The van der Waals surface area contributed by atoms with E-state index in [1.807, 2.05) is 7.05 Å². The number of aliphatic imine (C=N–C) groups is 1. The van der Waals surface area contributed by atoms with Gasteiger partial charge in [-0.2, -0.15) is 0 Å². The van der Waals surface area contributed by atoms with Crippen LogP contribution in [0.5, 0.6) is 0 Å². The highest BCUT2D eigenvalue weighted by Crippen LogP contribution is 2.24. The van der Waals surface area contributed by atoms with Crippen LogP contribution in [-0.4, -0.2) is 31.1 Å². The second-order valence-electron chi connectivity index (χ2n) is 7.46. The molecule has 29 heavy (non-hydrogen) atoms. The maximum atomic E-state index is 4.39. The Morgan fingerprint density at radius 3 is 2.66 bits per heavy atom. The quantitative estimate of drug-likeness (QED) is 0.266. The molecule has 4 rings (SSSR count). The molecule has 5 nitrogen and oxygen atoms in total. The predicted molar refractivity (Wildman–Crippen MR) is 133 cm³/mol. The fraction of sp³-hybridized carbons (Fsp3) is 0.348. The van der Waals surface area contributed by atoms with E-state index in [0.29, 0.717) is 6.54 Å². The van der Waals surface area contributed by atoms with Gasteiger partial charge in [-0.3, -0.25) is 4.99 Å². The van der Waals surface area contributed by atoms with E-state index >= 15 is 0 Å². The SMILES string of the molecule is CN=C(NCc1cc2ccccc2[nH]1)NC(C)c1cccc(N2CCCC2)c1.I. The first-order chi connectivity index (χ1) is 13.7. The lowest BCUT2D eigenvalue weighted by Gasteiger charge is -2.22. The molecule has 0 aliphatic carbocycles. The van der Waals surface area contributed by atoms with Crippen molar-refractivity contribution in [2.24, 2.45) is 4.99 Å². The van der Waals surface area contributed by atoms with Gasteiger partial charge in [-0.05, 0) is 55.0 Å². The minimum atomic E-state index is 0. The molecule has 154 valence electrons. The average Bonchev–Trinajstić information content (AvgIpc) is 3.40. The number of aromatic amines is 1.